The van der Waals surface area contributed by atoms with Crippen LogP contribution in [0.15, 0.2) is 67.8 Å². The van der Waals surface area contributed by atoms with Gasteiger partial charge in [0.2, 0.25) is 11.8 Å². The highest BCUT2D eigenvalue weighted by molar-refractivity contribution is 9.09. The van der Waals surface area contributed by atoms with Gasteiger partial charge in [-0.25, -0.2) is 0 Å². The first kappa shape index (κ1) is 32.4. The predicted octanol–water partition coefficient (Wildman–Crippen LogP) is 5.08. The van der Waals surface area contributed by atoms with Gasteiger partial charge in [0.05, 0.1) is 17.9 Å². The number of amides is 3. The maximum atomic E-state index is 14.9. The summed E-state index contributed by atoms with van der Waals surface area (Å²) in [7, 11) is 0. The van der Waals surface area contributed by atoms with E-state index in [4.69, 9.17) is 4.74 Å². The number of rotatable bonds is 15. The lowest BCUT2D eigenvalue weighted by Gasteiger charge is -2.37. The van der Waals surface area contributed by atoms with E-state index in [1.165, 1.54) is 0 Å². The molecule has 2 aromatic carbocycles. The lowest BCUT2D eigenvalue weighted by Crippen LogP contribution is -2.57. The maximum Gasteiger partial charge on any atom is 0.253 e. The van der Waals surface area contributed by atoms with Crippen molar-refractivity contribution >= 4 is 50.1 Å². The third-order valence-corrected chi connectivity index (χ3v) is 10.2. The minimum Gasteiger partial charge on any atom is -0.396 e. The molecular weight excluding hydrogens is 622 g/mol. The number of fused-ring (bicyclic) bond motifs is 2. The summed E-state index contributed by atoms with van der Waals surface area (Å²) >= 11 is 3.79. The number of aliphatic hydroxyl groups excluding tert-OH is 1. The molecule has 3 amide bonds. The molecule has 2 bridgehead atoms. The van der Waals surface area contributed by atoms with E-state index in [-0.39, 0.29) is 35.7 Å². The zero-order valence-corrected chi connectivity index (χ0v) is 27.2. The van der Waals surface area contributed by atoms with E-state index in [1.54, 1.807) is 26.9 Å². The van der Waals surface area contributed by atoms with Crippen molar-refractivity contribution in [1.29, 1.82) is 0 Å². The standard InChI is InChI=1S/C35H44BrN3O5/c1-4-17-37(18-5-2)32(41)28-29-33(42)39(20-11-7-8-12-21-40)31(35(29)23-27(36)30(28)44-35)34(43)38(19-6-3)26-16-15-24-13-9-10-14-25(24)22-26/h4,6,9-10,13-16,22,27-31,40H,1,3,5,7-8,11-12,17-21,23H2,2H3/t27?,28-,29-,30-,31?,35?/m0/s1. The van der Waals surface area contributed by atoms with Crippen LogP contribution in [0.4, 0.5) is 5.69 Å². The Morgan fingerprint density at radius 1 is 1.07 bits per heavy atom. The summed E-state index contributed by atoms with van der Waals surface area (Å²) in [6.07, 6.45) is 7.19. The SMILES string of the molecule is C=CCN(CCC)C(=O)[C@H]1[C@H]2C(=O)N(CCCCCCO)C(C(=O)N(CC=C)c3ccc4ccccc4c3)C23CC(Br)[C@@H]1O3. The van der Waals surface area contributed by atoms with Crippen LogP contribution >= 0.6 is 15.9 Å². The number of carbonyl (C=O) groups excluding carboxylic acids is 3. The Balaban J connectivity index is 1.55. The molecule has 1 N–H and O–H groups in total. The molecule has 3 heterocycles. The zero-order valence-electron chi connectivity index (χ0n) is 25.6. The third kappa shape index (κ3) is 5.74. The van der Waals surface area contributed by atoms with Crippen LogP contribution in [-0.4, -0.2) is 88.0 Å². The number of hydrogen-bond donors (Lipinski definition) is 1. The molecule has 236 valence electrons. The van der Waals surface area contributed by atoms with Gasteiger partial charge in [0.25, 0.3) is 5.91 Å². The second-order valence-corrected chi connectivity index (χ2v) is 13.4. The molecule has 3 fully saturated rings. The molecule has 2 aromatic rings. The molecule has 3 unspecified atom stereocenters. The van der Waals surface area contributed by atoms with Crippen molar-refractivity contribution in [2.24, 2.45) is 11.8 Å². The monoisotopic (exact) mass is 665 g/mol. The van der Waals surface area contributed by atoms with Gasteiger partial charge in [0.1, 0.15) is 11.6 Å². The molecule has 44 heavy (non-hydrogen) atoms. The van der Waals surface area contributed by atoms with E-state index < -0.39 is 29.6 Å². The van der Waals surface area contributed by atoms with Crippen LogP contribution in [0.3, 0.4) is 0 Å². The van der Waals surface area contributed by atoms with Gasteiger partial charge in [-0.15, -0.1) is 13.2 Å². The molecule has 8 nitrogen and oxygen atoms in total. The number of nitrogens with zero attached hydrogens (tertiary/aromatic N) is 3. The molecule has 6 atom stereocenters. The van der Waals surface area contributed by atoms with Crippen molar-refractivity contribution < 1.29 is 24.2 Å². The summed E-state index contributed by atoms with van der Waals surface area (Å²) in [6, 6.07) is 13.0. The second-order valence-electron chi connectivity index (χ2n) is 12.2. The Hall–Kier alpha value is -3.01. The topological polar surface area (TPSA) is 90.4 Å². The van der Waals surface area contributed by atoms with Gasteiger partial charge in [0, 0.05) is 43.3 Å². The lowest BCUT2D eigenvalue weighted by molar-refractivity contribution is -0.145. The van der Waals surface area contributed by atoms with Crippen molar-refractivity contribution in [3.63, 3.8) is 0 Å². The van der Waals surface area contributed by atoms with Crippen molar-refractivity contribution in [1.82, 2.24) is 9.80 Å². The van der Waals surface area contributed by atoms with Crippen molar-refractivity contribution in [2.75, 3.05) is 37.7 Å². The summed E-state index contributed by atoms with van der Waals surface area (Å²) < 4.78 is 6.76. The number of anilines is 1. The Morgan fingerprint density at radius 2 is 1.80 bits per heavy atom. The highest BCUT2D eigenvalue weighted by Crippen LogP contribution is 2.60. The van der Waals surface area contributed by atoms with Crippen LogP contribution in [0.25, 0.3) is 10.8 Å². The Labute approximate surface area is 268 Å². The first-order valence-electron chi connectivity index (χ1n) is 15.9. The Kier molecular flexibility index (Phi) is 10.3. The summed E-state index contributed by atoms with van der Waals surface area (Å²) in [5.41, 5.74) is -0.403. The van der Waals surface area contributed by atoms with Crippen LogP contribution in [0.2, 0.25) is 0 Å². The van der Waals surface area contributed by atoms with Crippen molar-refractivity contribution in [2.45, 2.75) is 68.0 Å². The molecular formula is C35H44BrN3O5. The number of unbranched alkanes of at least 4 members (excludes halogenated alkanes) is 3. The molecule has 3 aliphatic heterocycles. The normalized spacial score (nSPS) is 27.0. The summed E-state index contributed by atoms with van der Waals surface area (Å²) in [4.78, 5) is 48.4. The number of ether oxygens (including phenoxy) is 1. The fourth-order valence-corrected chi connectivity index (χ4v) is 8.49. The second kappa shape index (κ2) is 14.0. The molecule has 0 aliphatic carbocycles. The zero-order chi connectivity index (χ0) is 31.4. The highest BCUT2D eigenvalue weighted by atomic mass is 79.9. The molecule has 1 spiro atoms. The minimum absolute atomic E-state index is 0.116. The van der Waals surface area contributed by atoms with E-state index in [0.717, 1.165) is 35.7 Å². The van der Waals surface area contributed by atoms with Crippen LogP contribution in [0.5, 0.6) is 0 Å². The number of halogens is 1. The van der Waals surface area contributed by atoms with Crippen LogP contribution in [0.1, 0.15) is 45.4 Å². The molecule has 3 aliphatic rings. The van der Waals surface area contributed by atoms with Gasteiger partial charge in [-0.1, -0.05) is 78.2 Å². The van der Waals surface area contributed by atoms with Crippen molar-refractivity contribution in [3.05, 3.63) is 67.8 Å². The molecule has 0 radical (unpaired) electrons. The largest absolute Gasteiger partial charge is 0.396 e. The molecule has 9 heteroatoms. The number of alkyl halides is 1. The van der Waals surface area contributed by atoms with E-state index in [9.17, 15) is 19.5 Å². The van der Waals surface area contributed by atoms with Gasteiger partial charge < -0.3 is 24.5 Å². The van der Waals surface area contributed by atoms with Gasteiger partial charge in [0.15, 0.2) is 0 Å². The van der Waals surface area contributed by atoms with E-state index in [1.807, 2.05) is 49.4 Å². The molecule has 3 saturated heterocycles. The van der Waals surface area contributed by atoms with Gasteiger partial charge in [-0.05, 0) is 48.6 Å². The fourth-order valence-electron chi connectivity index (χ4n) is 7.55. The average Bonchev–Trinajstić information content (AvgIpc) is 3.62. The number of likely N-dealkylation sites (tertiary alicyclic amines) is 1. The smallest absolute Gasteiger partial charge is 0.253 e. The molecule has 0 aromatic heterocycles. The number of aliphatic hydroxyl groups is 1. The first-order valence-corrected chi connectivity index (χ1v) is 16.8. The van der Waals surface area contributed by atoms with Gasteiger partial charge >= 0.3 is 0 Å². The number of benzene rings is 2. The third-order valence-electron chi connectivity index (χ3n) is 9.39. The minimum atomic E-state index is -1.12. The van der Waals surface area contributed by atoms with Crippen LogP contribution in [0, 0.1) is 11.8 Å². The van der Waals surface area contributed by atoms with Crippen LogP contribution < -0.4 is 4.90 Å². The molecule has 5 rings (SSSR count). The van der Waals surface area contributed by atoms with E-state index in [2.05, 4.69) is 29.1 Å². The molecule has 0 saturated carbocycles. The van der Waals surface area contributed by atoms with Gasteiger partial charge in [-0.3, -0.25) is 14.4 Å². The predicted molar refractivity (Wildman–Crippen MR) is 177 cm³/mol. The van der Waals surface area contributed by atoms with E-state index in [0.29, 0.717) is 38.9 Å². The summed E-state index contributed by atoms with van der Waals surface area (Å²) in [5.74, 6) is -1.95. The average molecular weight is 667 g/mol. The number of carbonyl (C=O) groups is 3. The van der Waals surface area contributed by atoms with Crippen LogP contribution in [-0.2, 0) is 19.1 Å². The van der Waals surface area contributed by atoms with Crippen molar-refractivity contribution in [3.8, 4) is 0 Å². The first-order chi connectivity index (χ1) is 21.3. The van der Waals surface area contributed by atoms with Gasteiger partial charge in [-0.2, -0.15) is 0 Å². The number of hydrogen-bond acceptors (Lipinski definition) is 5. The Bertz CT molecular complexity index is 1400. The quantitative estimate of drug-likeness (QED) is 0.163. The summed E-state index contributed by atoms with van der Waals surface area (Å²) in [6.45, 7) is 11.5. The summed E-state index contributed by atoms with van der Waals surface area (Å²) in [5, 5.41) is 11.3. The highest BCUT2D eigenvalue weighted by Gasteiger charge is 2.76. The maximum absolute atomic E-state index is 14.9. The lowest BCUT2D eigenvalue weighted by atomic mass is 9.70. The fraction of sp³-hybridized carbons (Fsp3) is 0.514. The Morgan fingerprint density at radius 3 is 2.50 bits per heavy atom. The van der Waals surface area contributed by atoms with E-state index >= 15 is 0 Å².